The quantitative estimate of drug-likeness (QED) is 0.673. The summed E-state index contributed by atoms with van der Waals surface area (Å²) in [6.45, 7) is 1.61. The molecule has 2 heterocycles. The highest BCUT2D eigenvalue weighted by Gasteiger charge is 2.16. The number of carbonyl (C=O) groups is 1. The molecular formula is C16H13F2N3O3S. The number of aromatic nitrogens is 2. The van der Waals surface area contributed by atoms with Crippen LogP contribution in [0.4, 0.5) is 8.78 Å². The zero-order valence-corrected chi connectivity index (χ0v) is 13.8. The molecule has 0 aliphatic carbocycles. The smallest absolute Gasteiger partial charge is 0.284 e. The van der Waals surface area contributed by atoms with Crippen LogP contribution in [0.1, 0.15) is 18.5 Å². The number of furan rings is 1. The molecule has 1 aromatic carbocycles. The average molecular weight is 365 g/mol. The van der Waals surface area contributed by atoms with Crippen molar-refractivity contribution in [3.63, 3.8) is 0 Å². The largest absolute Gasteiger partial charge is 0.459 e. The summed E-state index contributed by atoms with van der Waals surface area (Å²) in [7, 11) is 0. The molecule has 0 spiro atoms. The number of hydrogen-bond donors (Lipinski definition) is 1. The number of rotatable bonds is 6. The van der Waals surface area contributed by atoms with E-state index in [1.54, 1.807) is 19.1 Å². The predicted molar refractivity (Wildman–Crippen MR) is 85.6 cm³/mol. The van der Waals surface area contributed by atoms with E-state index >= 15 is 0 Å². The lowest BCUT2D eigenvalue weighted by atomic mass is 10.1. The van der Waals surface area contributed by atoms with Gasteiger partial charge in [0.05, 0.1) is 18.1 Å². The van der Waals surface area contributed by atoms with Crippen molar-refractivity contribution < 1.29 is 22.4 Å². The number of carbonyl (C=O) groups excluding carboxylic acids is 1. The molecule has 0 saturated carbocycles. The summed E-state index contributed by atoms with van der Waals surface area (Å²) >= 11 is 1.04. The molecule has 25 heavy (non-hydrogen) atoms. The van der Waals surface area contributed by atoms with E-state index in [1.807, 2.05) is 0 Å². The summed E-state index contributed by atoms with van der Waals surface area (Å²) < 4.78 is 37.1. The minimum absolute atomic E-state index is 0.00689. The topological polar surface area (TPSA) is 81.2 Å². The first-order valence-corrected chi connectivity index (χ1v) is 8.26. The number of nitrogens with zero attached hydrogens (tertiary/aromatic N) is 2. The second-order valence-corrected chi connectivity index (χ2v) is 6.02. The summed E-state index contributed by atoms with van der Waals surface area (Å²) in [5.41, 5.74) is 0.206. The van der Waals surface area contributed by atoms with E-state index < -0.39 is 17.7 Å². The zero-order chi connectivity index (χ0) is 17.8. The highest BCUT2D eigenvalue weighted by atomic mass is 32.2. The molecule has 0 aliphatic rings. The van der Waals surface area contributed by atoms with Gasteiger partial charge in [0.2, 0.25) is 5.91 Å². The van der Waals surface area contributed by atoms with Gasteiger partial charge < -0.3 is 14.2 Å². The SMILES string of the molecule is C[C@@H](NC(=O)CSc1nnc(-c2ccco2)o1)c1ccc(F)cc1F. The molecule has 9 heteroatoms. The Bertz CT molecular complexity index is 867. The Morgan fingerprint density at radius 1 is 1.32 bits per heavy atom. The minimum Gasteiger partial charge on any atom is -0.459 e. The van der Waals surface area contributed by atoms with Crippen LogP contribution in [-0.2, 0) is 4.79 Å². The van der Waals surface area contributed by atoms with Crippen molar-refractivity contribution >= 4 is 17.7 Å². The number of thioether (sulfide) groups is 1. The summed E-state index contributed by atoms with van der Waals surface area (Å²) in [4.78, 5) is 12.0. The highest BCUT2D eigenvalue weighted by Crippen LogP contribution is 2.23. The van der Waals surface area contributed by atoms with Crippen LogP contribution >= 0.6 is 11.8 Å². The van der Waals surface area contributed by atoms with Gasteiger partial charge in [-0.2, -0.15) is 0 Å². The van der Waals surface area contributed by atoms with Crippen LogP contribution in [0.25, 0.3) is 11.7 Å². The molecule has 1 amide bonds. The van der Waals surface area contributed by atoms with Crippen LogP contribution < -0.4 is 5.32 Å². The third-order valence-corrected chi connectivity index (χ3v) is 4.09. The molecule has 2 aromatic heterocycles. The van der Waals surface area contributed by atoms with Crippen molar-refractivity contribution in [2.75, 3.05) is 5.75 Å². The van der Waals surface area contributed by atoms with E-state index in [1.165, 1.54) is 12.3 Å². The standard InChI is InChI=1S/C16H13F2N3O3S/c1-9(11-5-4-10(17)7-12(11)18)19-14(22)8-25-16-21-20-15(24-16)13-3-2-6-23-13/h2-7,9H,8H2,1H3,(H,19,22)/t9-/m1/s1. The van der Waals surface area contributed by atoms with Gasteiger partial charge in [0.25, 0.3) is 11.1 Å². The third kappa shape index (κ3) is 4.24. The van der Waals surface area contributed by atoms with E-state index in [-0.39, 0.29) is 28.3 Å². The Labute approximate surface area is 145 Å². The van der Waals surface area contributed by atoms with E-state index in [0.717, 1.165) is 23.9 Å². The zero-order valence-electron chi connectivity index (χ0n) is 13.0. The normalized spacial score (nSPS) is 12.1. The maximum atomic E-state index is 13.7. The minimum atomic E-state index is -0.708. The molecule has 0 bridgehead atoms. The summed E-state index contributed by atoms with van der Waals surface area (Å²) in [6.07, 6.45) is 1.48. The van der Waals surface area contributed by atoms with Gasteiger partial charge >= 0.3 is 0 Å². The first kappa shape index (κ1) is 17.2. The monoisotopic (exact) mass is 365 g/mol. The number of amides is 1. The molecule has 0 fully saturated rings. The molecule has 0 radical (unpaired) electrons. The Kier molecular flexibility index (Phi) is 5.13. The van der Waals surface area contributed by atoms with Gasteiger partial charge in [-0.3, -0.25) is 4.79 Å². The fourth-order valence-electron chi connectivity index (χ4n) is 2.11. The molecule has 3 aromatic rings. The summed E-state index contributed by atoms with van der Waals surface area (Å²) in [6, 6.07) is 5.99. The summed E-state index contributed by atoms with van der Waals surface area (Å²) in [5, 5.41) is 10.5. The van der Waals surface area contributed by atoms with Gasteiger partial charge in [0, 0.05) is 11.6 Å². The Hall–Kier alpha value is -2.68. The van der Waals surface area contributed by atoms with Gasteiger partial charge in [0.15, 0.2) is 5.76 Å². The first-order chi connectivity index (χ1) is 12.0. The van der Waals surface area contributed by atoms with Crippen molar-refractivity contribution in [2.45, 2.75) is 18.2 Å². The van der Waals surface area contributed by atoms with Gasteiger partial charge in [0.1, 0.15) is 11.6 Å². The number of hydrogen-bond acceptors (Lipinski definition) is 6. The molecule has 0 saturated heterocycles. The van der Waals surface area contributed by atoms with Crippen molar-refractivity contribution in [1.82, 2.24) is 15.5 Å². The van der Waals surface area contributed by atoms with Gasteiger partial charge in [-0.25, -0.2) is 8.78 Å². The lowest BCUT2D eigenvalue weighted by Gasteiger charge is -2.14. The molecule has 3 rings (SSSR count). The first-order valence-electron chi connectivity index (χ1n) is 7.27. The van der Waals surface area contributed by atoms with E-state index in [0.29, 0.717) is 5.76 Å². The molecule has 1 N–H and O–H groups in total. The van der Waals surface area contributed by atoms with Gasteiger partial charge in [-0.15, -0.1) is 10.2 Å². The Morgan fingerprint density at radius 3 is 2.88 bits per heavy atom. The van der Waals surface area contributed by atoms with Crippen LogP contribution in [0.5, 0.6) is 0 Å². The van der Waals surface area contributed by atoms with Crippen molar-refractivity contribution in [1.29, 1.82) is 0 Å². The fourth-order valence-corrected chi connectivity index (χ4v) is 2.68. The van der Waals surface area contributed by atoms with Crippen LogP contribution in [0.15, 0.2) is 50.7 Å². The number of benzene rings is 1. The van der Waals surface area contributed by atoms with Crippen molar-refractivity contribution in [3.05, 3.63) is 53.8 Å². The lowest BCUT2D eigenvalue weighted by Crippen LogP contribution is -2.28. The Morgan fingerprint density at radius 2 is 2.16 bits per heavy atom. The van der Waals surface area contributed by atoms with Crippen LogP contribution in [0.3, 0.4) is 0 Å². The van der Waals surface area contributed by atoms with Crippen LogP contribution in [0.2, 0.25) is 0 Å². The molecule has 6 nitrogen and oxygen atoms in total. The highest BCUT2D eigenvalue weighted by molar-refractivity contribution is 7.99. The molecule has 1 atom stereocenters. The predicted octanol–water partition coefficient (Wildman–Crippen LogP) is 3.58. The van der Waals surface area contributed by atoms with Crippen molar-refractivity contribution in [2.24, 2.45) is 0 Å². The van der Waals surface area contributed by atoms with E-state index in [4.69, 9.17) is 8.83 Å². The number of halogens is 2. The van der Waals surface area contributed by atoms with E-state index in [9.17, 15) is 13.6 Å². The lowest BCUT2D eigenvalue weighted by molar-refractivity contribution is -0.119. The molecule has 130 valence electrons. The van der Waals surface area contributed by atoms with E-state index in [2.05, 4.69) is 15.5 Å². The maximum Gasteiger partial charge on any atom is 0.284 e. The van der Waals surface area contributed by atoms with Gasteiger partial charge in [-0.05, 0) is 25.1 Å². The average Bonchev–Trinajstić information content (AvgIpc) is 3.24. The second-order valence-electron chi connectivity index (χ2n) is 5.09. The summed E-state index contributed by atoms with van der Waals surface area (Å²) in [5.74, 6) is -1.06. The maximum absolute atomic E-state index is 13.7. The molecular weight excluding hydrogens is 352 g/mol. The molecule has 0 unspecified atom stereocenters. The number of nitrogens with one attached hydrogen (secondary N) is 1. The van der Waals surface area contributed by atoms with Crippen LogP contribution in [0, 0.1) is 11.6 Å². The van der Waals surface area contributed by atoms with Crippen molar-refractivity contribution in [3.8, 4) is 11.7 Å². The fraction of sp³-hybridized carbons (Fsp3) is 0.188. The molecule has 0 aliphatic heterocycles. The van der Waals surface area contributed by atoms with Gasteiger partial charge in [-0.1, -0.05) is 17.8 Å². The Balaban J connectivity index is 1.54. The third-order valence-electron chi connectivity index (χ3n) is 3.27. The second kappa shape index (κ2) is 7.47. The van der Waals surface area contributed by atoms with Crippen LogP contribution in [-0.4, -0.2) is 21.9 Å².